The Bertz CT molecular complexity index is 1530. The highest BCUT2D eigenvalue weighted by atomic mass is 32.2. The molecule has 2 heterocycles. The Kier molecular flexibility index (Phi) is 7.06. The third kappa shape index (κ3) is 5.29. The third-order valence-electron chi connectivity index (χ3n) is 5.41. The van der Waals surface area contributed by atoms with Gasteiger partial charge in [-0.3, -0.25) is 14.2 Å². The molecule has 0 saturated heterocycles. The summed E-state index contributed by atoms with van der Waals surface area (Å²) in [6, 6.07) is 21.4. The van der Waals surface area contributed by atoms with E-state index in [4.69, 9.17) is 0 Å². The van der Waals surface area contributed by atoms with Crippen LogP contribution < -0.4 is 10.6 Å². The Morgan fingerprint density at radius 1 is 1.03 bits per heavy atom. The highest BCUT2D eigenvalue weighted by molar-refractivity contribution is 7.99. The molecule has 5 aromatic rings. The van der Waals surface area contributed by atoms with Crippen LogP contribution in [-0.4, -0.2) is 37.3 Å². The van der Waals surface area contributed by atoms with E-state index in [9.17, 15) is 9.59 Å². The Hall–Kier alpha value is -4.02. The summed E-state index contributed by atoms with van der Waals surface area (Å²) in [7, 11) is 0. The minimum absolute atomic E-state index is 0.145. The van der Waals surface area contributed by atoms with Gasteiger partial charge in [0.1, 0.15) is 0 Å². The molecule has 0 aliphatic rings. The van der Waals surface area contributed by atoms with E-state index in [1.807, 2.05) is 78.2 Å². The zero-order valence-corrected chi connectivity index (χ0v) is 21.0. The molecule has 0 unspecified atom stereocenters. The average Bonchev–Trinajstić information content (AvgIpc) is 3.55. The van der Waals surface area contributed by atoms with Gasteiger partial charge in [-0.2, -0.15) is 0 Å². The molecule has 0 bridgehead atoms. The van der Waals surface area contributed by atoms with Crippen molar-refractivity contribution in [2.75, 3.05) is 11.1 Å². The van der Waals surface area contributed by atoms with Crippen molar-refractivity contribution in [2.24, 2.45) is 0 Å². The topological polar surface area (TPSA) is 102 Å². The molecule has 180 valence electrons. The number of benzene rings is 3. The molecule has 0 radical (unpaired) electrons. The normalized spacial score (nSPS) is 10.9. The molecule has 2 N–H and O–H groups in total. The number of hydrogen-bond acceptors (Lipinski definition) is 7. The van der Waals surface area contributed by atoms with Crippen LogP contribution in [0.2, 0.25) is 0 Å². The summed E-state index contributed by atoms with van der Waals surface area (Å²) in [5.41, 5.74) is 2.53. The number of rotatable bonds is 8. The molecule has 8 nitrogen and oxygen atoms in total. The summed E-state index contributed by atoms with van der Waals surface area (Å²) in [6.07, 6.45) is 1.64. The van der Waals surface area contributed by atoms with Crippen LogP contribution in [0.3, 0.4) is 0 Å². The van der Waals surface area contributed by atoms with Gasteiger partial charge in [-0.1, -0.05) is 60.3 Å². The number of amides is 2. The highest BCUT2D eigenvalue weighted by Crippen LogP contribution is 2.24. The Morgan fingerprint density at radius 2 is 1.86 bits per heavy atom. The number of aromatic nitrogens is 4. The predicted octanol–water partition coefficient (Wildman–Crippen LogP) is 4.85. The summed E-state index contributed by atoms with van der Waals surface area (Å²) < 4.78 is 1.87. The van der Waals surface area contributed by atoms with E-state index in [2.05, 4.69) is 25.8 Å². The highest BCUT2D eigenvalue weighted by Gasteiger charge is 2.18. The average molecular weight is 515 g/mol. The lowest BCUT2D eigenvalue weighted by Gasteiger charge is -2.12. The monoisotopic (exact) mass is 514 g/mol. The van der Waals surface area contributed by atoms with Gasteiger partial charge in [0.05, 0.1) is 12.3 Å². The SMILES string of the molecule is Cc1cccc(-n2c(CNC(=O)c3cccc4ccccc34)nnc2SCC(=O)Nc2nccs2)c1. The fourth-order valence-corrected chi connectivity index (χ4v) is 5.10. The molecule has 3 aromatic carbocycles. The van der Waals surface area contributed by atoms with Crippen LogP contribution in [0, 0.1) is 6.92 Å². The van der Waals surface area contributed by atoms with Crippen molar-refractivity contribution in [2.45, 2.75) is 18.6 Å². The quantitative estimate of drug-likeness (QED) is 0.287. The summed E-state index contributed by atoms with van der Waals surface area (Å²) in [5.74, 6) is 0.338. The van der Waals surface area contributed by atoms with Crippen molar-refractivity contribution < 1.29 is 9.59 Å². The summed E-state index contributed by atoms with van der Waals surface area (Å²) in [5, 5.41) is 19.2. The Labute approximate surface area is 215 Å². The molecule has 2 aromatic heterocycles. The predicted molar refractivity (Wildman–Crippen MR) is 143 cm³/mol. The second-order valence-electron chi connectivity index (χ2n) is 7.96. The first-order valence-electron chi connectivity index (χ1n) is 11.2. The molecule has 0 atom stereocenters. The molecule has 0 saturated carbocycles. The summed E-state index contributed by atoms with van der Waals surface area (Å²) >= 11 is 2.63. The van der Waals surface area contributed by atoms with Gasteiger partial charge in [0.15, 0.2) is 16.1 Å². The molecule has 0 aliphatic carbocycles. The summed E-state index contributed by atoms with van der Waals surface area (Å²) in [6.45, 7) is 2.18. The van der Waals surface area contributed by atoms with Crippen molar-refractivity contribution in [1.82, 2.24) is 25.1 Å². The molecule has 2 amide bonds. The number of carbonyl (C=O) groups is 2. The lowest BCUT2D eigenvalue weighted by molar-refractivity contribution is -0.113. The molecule has 10 heteroatoms. The fraction of sp³-hybridized carbons (Fsp3) is 0.115. The van der Waals surface area contributed by atoms with Crippen molar-refractivity contribution in [3.05, 3.63) is 95.3 Å². The maximum Gasteiger partial charge on any atom is 0.252 e. The smallest absolute Gasteiger partial charge is 0.252 e. The zero-order valence-electron chi connectivity index (χ0n) is 19.3. The van der Waals surface area contributed by atoms with Gasteiger partial charge in [-0.25, -0.2) is 4.98 Å². The number of fused-ring (bicyclic) bond motifs is 1. The van der Waals surface area contributed by atoms with Crippen LogP contribution in [0.25, 0.3) is 16.5 Å². The molecular weight excluding hydrogens is 492 g/mol. The number of thiazole rings is 1. The van der Waals surface area contributed by atoms with Crippen molar-refractivity contribution >= 4 is 50.8 Å². The van der Waals surface area contributed by atoms with E-state index < -0.39 is 0 Å². The first-order chi connectivity index (χ1) is 17.6. The van der Waals surface area contributed by atoms with Gasteiger partial charge < -0.3 is 10.6 Å². The van der Waals surface area contributed by atoms with Gasteiger partial charge in [-0.05, 0) is 41.5 Å². The molecule has 0 aliphatic heterocycles. The van der Waals surface area contributed by atoms with Crippen LogP contribution in [0.1, 0.15) is 21.7 Å². The van der Waals surface area contributed by atoms with E-state index in [0.29, 0.717) is 21.7 Å². The standard InChI is InChI=1S/C26H22N6O2S2/c1-17-6-4-9-19(14-17)32-22(30-31-26(32)36-16-23(33)29-25-27-12-13-35-25)15-28-24(34)21-11-5-8-18-7-2-3-10-20(18)21/h2-14H,15-16H2,1H3,(H,28,34)(H,27,29,33). The lowest BCUT2D eigenvalue weighted by atomic mass is 10.0. The van der Waals surface area contributed by atoms with Gasteiger partial charge in [0, 0.05) is 22.8 Å². The maximum absolute atomic E-state index is 13.1. The third-order valence-corrected chi connectivity index (χ3v) is 7.03. The number of aryl methyl sites for hydroxylation is 1. The molecule has 0 spiro atoms. The number of carbonyl (C=O) groups excluding carboxylic acids is 2. The zero-order chi connectivity index (χ0) is 24.9. The van der Waals surface area contributed by atoms with Crippen molar-refractivity contribution in [1.29, 1.82) is 0 Å². The minimum atomic E-state index is -0.192. The Morgan fingerprint density at radius 3 is 2.69 bits per heavy atom. The number of anilines is 1. The van der Waals surface area contributed by atoms with E-state index in [0.717, 1.165) is 22.0 Å². The number of nitrogens with one attached hydrogen (secondary N) is 2. The van der Waals surface area contributed by atoms with Crippen LogP contribution in [0.5, 0.6) is 0 Å². The van der Waals surface area contributed by atoms with E-state index in [1.165, 1.54) is 23.1 Å². The Balaban J connectivity index is 1.36. The van der Waals surface area contributed by atoms with E-state index >= 15 is 0 Å². The van der Waals surface area contributed by atoms with Crippen molar-refractivity contribution in [3.63, 3.8) is 0 Å². The lowest BCUT2D eigenvalue weighted by Crippen LogP contribution is -2.25. The van der Waals surface area contributed by atoms with E-state index in [1.54, 1.807) is 11.6 Å². The largest absolute Gasteiger partial charge is 0.345 e. The maximum atomic E-state index is 13.1. The second kappa shape index (κ2) is 10.7. The molecule has 5 rings (SSSR count). The first kappa shape index (κ1) is 23.7. The second-order valence-corrected chi connectivity index (χ2v) is 9.79. The molecule has 0 fully saturated rings. The van der Waals surface area contributed by atoms with Crippen LogP contribution in [0.15, 0.2) is 83.5 Å². The number of thioether (sulfide) groups is 1. The number of hydrogen-bond donors (Lipinski definition) is 2. The summed E-state index contributed by atoms with van der Waals surface area (Å²) in [4.78, 5) is 29.5. The molecular formula is C26H22N6O2S2. The number of nitrogens with zero attached hydrogens (tertiary/aromatic N) is 4. The first-order valence-corrected chi connectivity index (χ1v) is 13.0. The van der Waals surface area contributed by atoms with Crippen LogP contribution in [-0.2, 0) is 11.3 Å². The fourth-order valence-electron chi connectivity index (χ4n) is 3.78. The minimum Gasteiger partial charge on any atom is -0.345 e. The van der Waals surface area contributed by atoms with Gasteiger partial charge in [0.2, 0.25) is 5.91 Å². The van der Waals surface area contributed by atoms with Gasteiger partial charge in [0.25, 0.3) is 5.91 Å². The van der Waals surface area contributed by atoms with Crippen LogP contribution >= 0.6 is 23.1 Å². The van der Waals surface area contributed by atoms with Gasteiger partial charge >= 0.3 is 0 Å². The van der Waals surface area contributed by atoms with Crippen LogP contribution in [0.4, 0.5) is 5.13 Å². The van der Waals surface area contributed by atoms with Crippen molar-refractivity contribution in [3.8, 4) is 5.69 Å². The molecule has 36 heavy (non-hydrogen) atoms. The van der Waals surface area contributed by atoms with Gasteiger partial charge in [-0.15, -0.1) is 21.5 Å². The van der Waals surface area contributed by atoms with E-state index in [-0.39, 0.29) is 24.1 Å².